The maximum atomic E-state index is 12.9. The Kier molecular flexibility index (Phi) is 5.10. The number of aliphatic imine (C=N–C) groups is 1. The molecule has 0 unspecified atom stereocenters. The highest BCUT2D eigenvalue weighted by Crippen LogP contribution is 2.32. The number of nitrogens with zero attached hydrogens (tertiary/aromatic N) is 2. The van der Waals surface area contributed by atoms with Crippen molar-refractivity contribution in [1.82, 2.24) is 9.62 Å². The minimum absolute atomic E-state index is 0.164. The fourth-order valence-electron chi connectivity index (χ4n) is 3.64. The molecular weight excluding hydrogens is 414 g/mol. The van der Waals surface area contributed by atoms with Crippen molar-refractivity contribution < 1.29 is 17.9 Å². The van der Waals surface area contributed by atoms with Crippen LogP contribution in [0.25, 0.3) is 0 Å². The Morgan fingerprint density at radius 3 is 2.55 bits per heavy atom. The summed E-state index contributed by atoms with van der Waals surface area (Å²) in [7, 11) is -2.09. The molecule has 7 nitrogen and oxygen atoms in total. The Bertz CT molecular complexity index is 1090. The van der Waals surface area contributed by atoms with E-state index in [1.807, 2.05) is 0 Å². The third-order valence-corrected chi connectivity index (χ3v) is 7.34. The Balaban J connectivity index is 1.54. The van der Waals surface area contributed by atoms with Gasteiger partial charge in [0.05, 0.1) is 12.0 Å². The number of halogens is 1. The van der Waals surface area contributed by atoms with Crippen molar-refractivity contribution in [3.8, 4) is 5.75 Å². The molecule has 2 aliphatic rings. The molecule has 1 amide bonds. The average molecular weight is 434 g/mol. The Morgan fingerprint density at radius 1 is 1.14 bits per heavy atom. The first-order chi connectivity index (χ1) is 13.8. The number of hydrogen-bond donors (Lipinski definition) is 1. The van der Waals surface area contributed by atoms with Crippen molar-refractivity contribution in [2.24, 2.45) is 4.99 Å². The summed E-state index contributed by atoms with van der Waals surface area (Å²) in [5, 5.41) is 3.32. The second kappa shape index (κ2) is 7.44. The topological polar surface area (TPSA) is 88.1 Å². The molecule has 2 aromatic rings. The molecular formula is C20H20ClN3O4S. The van der Waals surface area contributed by atoms with Gasteiger partial charge in [0.1, 0.15) is 17.1 Å². The van der Waals surface area contributed by atoms with Gasteiger partial charge in [-0.3, -0.25) is 9.79 Å². The molecule has 0 saturated carbocycles. The van der Waals surface area contributed by atoms with Gasteiger partial charge in [0.2, 0.25) is 10.0 Å². The van der Waals surface area contributed by atoms with Crippen LogP contribution < -0.4 is 10.1 Å². The lowest BCUT2D eigenvalue weighted by molar-refractivity contribution is -0.115. The van der Waals surface area contributed by atoms with E-state index >= 15 is 0 Å². The van der Waals surface area contributed by atoms with Gasteiger partial charge in [-0.15, -0.1) is 0 Å². The molecule has 1 fully saturated rings. The highest BCUT2D eigenvalue weighted by molar-refractivity contribution is 7.89. The predicted molar refractivity (Wildman–Crippen MR) is 110 cm³/mol. The number of nitrogens with one attached hydrogen (secondary N) is 1. The van der Waals surface area contributed by atoms with Gasteiger partial charge in [-0.2, -0.15) is 4.31 Å². The highest BCUT2D eigenvalue weighted by Gasteiger charge is 2.44. The summed E-state index contributed by atoms with van der Waals surface area (Å²) in [5.41, 5.74) is 0.235. The van der Waals surface area contributed by atoms with Gasteiger partial charge in [-0.25, -0.2) is 8.42 Å². The van der Waals surface area contributed by atoms with Crippen molar-refractivity contribution in [3.63, 3.8) is 0 Å². The lowest BCUT2D eigenvalue weighted by Gasteiger charge is -2.36. The second-order valence-corrected chi connectivity index (χ2v) is 9.41. The summed E-state index contributed by atoms with van der Waals surface area (Å²) in [6.07, 6.45) is 0.790. The minimum Gasteiger partial charge on any atom is -0.497 e. The summed E-state index contributed by atoms with van der Waals surface area (Å²) in [5.74, 6) is 0.380. The Morgan fingerprint density at radius 2 is 1.86 bits per heavy atom. The van der Waals surface area contributed by atoms with Gasteiger partial charge >= 0.3 is 0 Å². The molecule has 2 aliphatic heterocycles. The number of amides is 1. The van der Waals surface area contributed by atoms with Crippen LogP contribution in [0.2, 0.25) is 5.02 Å². The molecule has 29 heavy (non-hydrogen) atoms. The number of piperidine rings is 1. The van der Waals surface area contributed by atoms with E-state index in [4.69, 9.17) is 16.3 Å². The van der Waals surface area contributed by atoms with E-state index in [1.54, 1.807) is 43.5 Å². The van der Waals surface area contributed by atoms with Crippen molar-refractivity contribution >= 4 is 33.2 Å². The fourth-order valence-corrected chi connectivity index (χ4v) is 5.38. The number of carbonyl (C=O) groups excluding carboxylic acids is 1. The van der Waals surface area contributed by atoms with Gasteiger partial charge in [0, 0.05) is 36.5 Å². The Labute approximate surface area is 174 Å². The summed E-state index contributed by atoms with van der Waals surface area (Å²) < 4.78 is 32.4. The van der Waals surface area contributed by atoms with Gasteiger partial charge in [0.25, 0.3) is 5.91 Å². The summed E-state index contributed by atoms with van der Waals surface area (Å²) in [6, 6.07) is 13.4. The van der Waals surface area contributed by atoms with E-state index in [0.29, 0.717) is 34.9 Å². The molecule has 9 heteroatoms. The molecule has 0 aliphatic carbocycles. The zero-order valence-electron chi connectivity index (χ0n) is 15.8. The molecule has 2 heterocycles. The van der Waals surface area contributed by atoms with Crippen LogP contribution in [0.1, 0.15) is 18.4 Å². The van der Waals surface area contributed by atoms with E-state index in [-0.39, 0.29) is 23.9 Å². The van der Waals surface area contributed by atoms with Crippen LogP contribution in [0.5, 0.6) is 5.75 Å². The summed E-state index contributed by atoms with van der Waals surface area (Å²) in [6.45, 7) is 0.508. The fraction of sp³-hybridized carbons (Fsp3) is 0.300. The molecule has 0 atom stereocenters. The monoisotopic (exact) mass is 433 g/mol. The van der Waals surface area contributed by atoms with Crippen molar-refractivity contribution in [3.05, 3.63) is 59.1 Å². The van der Waals surface area contributed by atoms with Gasteiger partial charge in [0.15, 0.2) is 0 Å². The van der Waals surface area contributed by atoms with Crippen LogP contribution in [0.15, 0.2) is 58.4 Å². The molecule has 152 valence electrons. The van der Waals surface area contributed by atoms with E-state index < -0.39 is 15.7 Å². The van der Waals surface area contributed by atoms with Gasteiger partial charge in [-0.05, 0) is 30.3 Å². The van der Waals surface area contributed by atoms with Crippen LogP contribution in [0.3, 0.4) is 0 Å². The third-order valence-electron chi connectivity index (χ3n) is 5.21. The molecule has 4 rings (SSSR count). The number of methoxy groups -OCH3 is 1. The minimum atomic E-state index is -3.65. The number of ether oxygens (including phenoxy) is 1. The van der Waals surface area contributed by atoms with Crippen LogP contribution in [-0.4, -0.2) is 50.2 Å². The van der Waals surface area contributed by atoms with Crippen LogP contribution in [-0.2, 0) is 14.8 Å². The first kappa shape index (κ1) is 19.9. The van der Waals surface area contributed by atoms with Crippen molar-refractivity contribution in [2.75, 3.05) is 20.2 Å². The lowest BCUT2D eigenvalue weighted by Crippen LogP contribution is -2.52. The normalized spacial score (nSPS) is 19.1. The quantitative estimate of drug-likeness (QED) is 0.802. The number of carbonyl (C=O) groups is 1. The highest BCUT2D eigenvalue weighted by atomic mass is 35.5. The molecule has 0 bridgehead atoms. The van der Waals surface area contributed by atoms with E-state index in [1.165, 1.54) is 16.4 Å². The zero-order valence-corrected chi connectivity index (χ0v) is 17.3. The van der Waals surface area contributed by atoms with Gasteiger partial charge in [-0.1, -0.05) is 29.8 Å². The lowest BCUT2D eigenvalue weighted by atomic mass is 10.00. The first-order valence-electron chi connectivity index (χ1n) is 9.16. The smallest absolute Gasteiger partial charge is 0.272 e. The number of hydrogen-bond acceptors (Lipinski definition) is 5. The predicted octanol–water partition coefficient (Wildman–Crippen LogP) is 2.45. The molecule has 2 aromatic carbocycles. The zero-order chi connectivity index (χ0) is 20.6. The maximum absolute atomic E-state index is 12.9. The summed E-state index contributed by atoms with van der Waals surface area (Å²) in [4.78, 5) is 17.4. The summed E-state index contributed by atoms with van der Waals surface area (Å²) >= 11 is 5.94. The molecule has 0 radical (unpaired) electrons. The number of benzene rings is 2. The van der Waals surface area contributed by atoms with E-state index in [0.717, 1.165) is 0 Å². The third kappa shape index (κ3) is 3.75. The standard InChI is InChI=1S/C20H20ClN3O4S/c1-28-16-6-2-4-14(12-16)18-19(25)23-20(22-18)8-10-24(11-9-20)29(26,27)17-7-3-5-15(21)13-17/h2-7,12-13H,8-11H2,1H3,(H,23,25). The number of sulfonamides is 1. The second-order valence-electron chi connectivity index (χ2n) is 7.04. The van der Waals surface area contributed by atoms with Crippen molar-refractivity contribution in [1.29, 1.82) is 0 Å². The van der Waals surface area contributed by atoms with E-state index in [2.05, 4.69) is 10.3 Å². The molecule has 1 N–H and O–H groups in total. The molecule has 0 aromatic heterocycles. The number of rotatable bonds is 4. The van der Waals surface area contributed by atoms with Gasteiger partial charge < -0.3 is 10.1 Å². The van der Waals surface area contributed by atoms with Crippen LogP contribution >= 0.6 is 11.6 Å². The van der Waals surface area contributed by atoms with E-state index in [9.17, 15) is 13.2 Å². The molecule has 1 spiro atoms. The van der Waals surface area contributed by atoms with Crippen LogP contribution in [0, 0.1) is 0 Å². The Hall–Kier alpha value is -2.42. The van der Waals surface area contributed by atoms with Crippen molar-refractivity contribution in [2.45, 2.75) is 23.4 Å². The molecule has 1 saturated heterocycles. The first-order valence-corrected chi connectivity index (χ1v) is 11.0. The SMILES string of the molecule is COc1cccc(C2=NC3(CCN(S(=O)(=O)c4cccc(Cl)c4)CC3)NC2=O)c1. The largest absolute Gasteiger partial charge is 0.497 e. The van der Waals surface area contributed by atoms with Crippen LogP contribution in [0.4, 0.5) is 0 Å². The average Bonchev–Trinajstić information content (AvgIpc) is 3.04. The maximum Gasteiger partial charge on any atom is 0.272 e.